The Balaban J connectivity index is 1.49. The number of halogens is 1. The molecule has 1 heterocycles. The molecule has 0 aliphatic carbocycles. The van der Waals surface area contributed by atoms with Gasteiger partial charge in [0, 0.05) is 24.2 Å². The predicted octanol–water partition coefficient (Wildman–Crippen LogP) is 4.15. The van der Waals surface area contributed by atoms with Crippen LogP contribution in [0.25, 0.3) is 11.5 Å². The van der Waals surface area contributed by atoms with Crippen molar-refractivity contribution in [3.63, 3.8) is 0 Å². The number of nitrogens with one attached hydrogen (secondary N) is 2. The summed E-state index contributed by atoms with van der Waals surface area (Å²) in [5.74, 6) is 0.156. The quantitative estimate of drug-likeness (QED) is 0.734. The van der Waals surface area contributed by atoms with Gasteiger partial charge in [0.25, 0.3) is 0 Å². The number of oxazole rings is 1. The van der Waals surface area contributed by atoms with E-state index in [1.807, 2.05) is 31.2 Å². The van der Waals surface area contributed by atoms with E-state index in [9.17, 15) is 9.18 Å². The minimum Gasteiger partial charge on any atom is -0.444 e. The Bertz CT molecular complexity index is 859. The van der Waals surface area contributed by atoms with Crippen LogP contribution in [0.2, 0.25) is 0 Å². The number of rotatable bonds is 5. The fourth-order valence-electron chi connectivity index (χ4n) is 2.30. The van der Waals surface area contributed by atoms with Crippen LogP contribution in [0.3, 0.4) is 0 Å². The molecule has 1 aromatic heterocycles. The minimum absolute atomic E-state index is 0.390. The number of carbonyl (C=O) groups excluding carboxylic acids is 1. The van der Waals surface area contributed by atoms with E-state index in [1.165, 1.54) is 23.8 Å². The highest BCUT2D eigenvalue weighted by Gasteiger charge is 2.07. The van der Waals surface area contributed by atoms with Crippen molar-refractivity contribution in [2.75, 3.05) is 11.9 Å². The van der Waals surface area contributed by atoms with Crippen LogP contribution in [-0.2, 0) is 6.42 Å². The van der Waals surface area contributed by atoms with Gasteiger partial charge in [0.05, 0.1) is 5.69 Å². The largest absolute Gasteiger partial charge is 0.444 e. The molecule has 0 radical (unpaired) electrons. The summed E-state index contributed by atoms with van der Waals surface area (Å²) in [5.41, 5.74) is 3.24. The molecule has 2 aromatic carbocycles. The van der Waals surface area contributed by atoms with Gasteiger partial charge in [0.1, 0.15) is 12.1 Å². The molecule has 2 amide bonds. The molecule has 0 saturated heterocycles. The summed E-state index contributed by atoms with van der Waals surface area (Å²) in [5, 5.41) is 5.27. The van der Waals surface area contributed by atoms with Crippen LogP contribution < -0.4 is 10.6 Å². The maximum absolute atomic E-state index is 13.1. The monoisotopic (exact) mass is 339 g/mol. The van der Waals surface area contributed by atoms with Gasteiger partial charge in [-0.2, -0.15) is 0 Å². The van der Waals surface area contributed by atoms with Crippen LogP contribution in [0.5, 0.6) is 0 Å². The number of anilines is 1. The zero-order chi connectivity index (χ0) is 17.6. The third-order valence-corrected chi connectivity index (χ3v) is 3.60. The first-order valence-corrected chi connectivity index (χ1v) is 7.92. The lowest BCUT2D eigenvalue weighted by Crippen LogP contribution is -2.30. The maximum atomic E-state index is 13.1. The van der Waals surface area contributed by atoms with Gasteiger partial charge in [-0.15, -0.1) is 0 Å². The second-order valence-electron chi connectivity index (χ2n) is 5.65. The first kappa shape index (κ1) is 16.7. The number of nitrogens with zero attached hydrogens (tertiary/aromatic N) is 1. The zero-order valence-corrected chi connectivity index (χ0v) is 13.8. The number of carbonyl (C=O) groups is 1. The second-order valence-corrected chi connectivity index (χ2v) is 5.65. The third kappa shape index (κ3) is 4.67. The smallest absolute Gasteiger partial charge is 0.319 e. The number of urea groups is 1. The van der Waals surface area contributed by atoms with E-state index in [-0.39, 0.29) is 0 Å². The molecule has 0 unspecified atom stereocenters. The van der Waals surface area contributed by atoms with Crippen LogP contribution >= 0.6 is 0 Å². The van der Waals surface area contributed by atoms with Crippen LogP contribution in [0, 0.1) is 12.7 Å². The molecule has 6 heteroatoms. The summed E-state index contributed by atoms with van der Waals surface area (Å²) in [4.78, 5) is 16.2. The molecule has 128 valence electrons. The van der Waals surface area contributed by atoms with Crippen LogP contribution in [0.4, 0.5) is 14.9 Å². The highest BCUT2D eigenvalue weighted by molar-refractivity contribution is 5.89. The summed E-state index contributed by atoms with van der Waals surface area (Å²) < 4.78 is 18.5. The molecule has 0 spiro atoms. The lowest BCUT2D eigenvalue weighted by molar-refractivity contribution is 0.252. The lowest BCUT2D eigenvalue weighted by atomic mass is 10.1. The van der Waals surface area contributed by atoms with Crippen molar-refractivity contribution in [1.82, 2.24) is 10.3 Å². The molecule has 0 bridgehead atoms. The Hall–Kier alpha value is -3.15. The van der Waals surface area contributed by atoms with Crippen LogP contribution in [-0.4, -0.2) is 17.6 Å². The van der Waals surface area contributed by atoms with E-state index >= 15 is 0 Å². The summed E-state index contributed by atoms with van der Waals surface area (Å²) in [6.07, 6.45) is 2.12. The third-order valence-electron chi connectivity index (χ3n) is 3.60. The van der Waals surface area contributed by atoms with Crippen molar-refractivity contribution in [2.45, 2.75) is 13.3 Å². The Morgan fingerprint density at radius 1 is 1.20 bits per heavy atom. The number of amides is 2. The molecule has 3 aromatic rings. The maximum Gasteiger partial charge on any atom is 0.319 e. The van der Waals surface area contributed by atoms with E-state index < -0.39 is 11.8 Å². The molecule has 0 aliphatic heterocycles. The average molecular weight is 339 g/mol. The van der Waals surface area contributed by atoms with E-state index in [2.05, 4.69) is 15.6 Å². The van der Waals surface area contributed by atoms with Gasteiger partial charge in [-0.25, -0.2) is 14.2 Å². The normalized spacial score (nSPS) is 10.5. The standard InChI is InChI=1S/C19H18FN3O2/c1-13-5-7-14(8-6-13)18-22-17(12-25-18)9-10-21-19(24)23-16-4-2-3-15(20)11-16/h2-8,11-12H,9-10H2,1H3,(H2,21,23,24). The number of hydrogen-bond acceptors (Lipinski definition) is 3. The van der Waals surface area contributed by atoms with Crippen molar-refractivity contribution in [3.05, 3.63) is 71.9 Å². The fourth-order valence-corrected chi connectivity index (χ4v) is 2.30. The van der Waals surface area contributed by atoms with Gasteiger partial charge < -0.3 is 15.1 Å². The molecule has 3 rings (SSSR count). The first-order chi connectivity index (χ1) is 12.1. The lowest BCUT2D eigenvalue weighted by Gasteiger charge is -2.06. The molecular weight excluding hydrogens is 321 g/mol. The summed E-state index contributed by atoms with van der Waals surface area (Å²) in [6.45, 7) is 2.41. The molecule has 0 fully saturated rings. The molecule has 0 aliphatic rings. The van der Waals surface area contributed by atoms with Gasteiger partial charge in [0.15, 0.2) is 0 Å². The van der Waals surface area contributed by atoms with Gasteiger partial charge in [-0.1, -0.05) is 23.8 Å². The summed E-state index contributed by atoms with van der Waals surface area (Å²) in [7, 11) is 0. The highest BCUT2D eigenvalue weighted by atomic mass is 19.1. The Morgan fingerprint density at radius 3 is 2.76 bits per heavy atom. The molecule has 0 atom stereocenters. The van der Waals surface area contributed by atoms with Gasteiger partial charge >= 0.3 is 6.03 Å². The van der Waals surface area contributed by atoms with Crippen molar-refractivity contribution < 1.29 is 13.6 Å². The topological polar surface area (TPSA) is 67.2 Å². The van der Waals surface area contributed by atoms with E-state index in [0.29, 0.717) is 24.5 Å². The average Bonchev–Trinajstić information content (AvgIpc) is 3.04. The Kier molecular flexibility index (Phi) is 5.09. The van der Waals surface area contributed by atoms with Gasteiger partial charge in [-0.3, -0.25) is 0 Å². The zero-order valence-electron chi connectivity index (χ0n) is 13.8. The molecule has 25 heavy (non-hydrogen) atoms. The number of benzene rings is 2. The van der Waals surface area contributed by atoms with E-state index in [4.69, 9.17) is 4.42 Å². The van der Waals surface area contributed by atoms with Crippen molar-refractivity contribution in [3.8, 4) is 11.5 Å². The number of aryl methyl sites for hydroxylation is 1. The molecule has 0 saturated carbocycles. The Labute approximate surface area is 144 Å². The van der Waals surface area contributed by atoms with Crippen LogP contribution in [0.1, 0.15) is 11.3 Å². The molecule has 2 N–H and O–H groups in total. The molecule has 5 nitrogen and oxygen atoms in total. The molecular formula is C19H18FN3O2. The predicted molar refractivity (Wildman–Crippen MR) is 93.8 cm³/mol. The second kappa shape index (κ2) is 7.61. The number of hydrogen-bond donors (Lipinski definition) is 2. The highest BCUT2D eigenvalue weighted by Crippen LogP contribution is 2.19. The van der Waals surface area contributed by atoms with Gasteiger partial charge in [0.2, 0.25) is 5.89 Å². The minimum atomic E-state index is -0.399. The van der Waals surface area contributed by atoms with E-state index in [0.717, 1.165) is 11.3 Å². The summed E-state index contributed by atoms with van der Waals surface area (Å²) >= 11 is 0. The number of aromatic nitrogens is 1. The fraction of sp³-hybridized carbons (Fsp3) is 0.158. The Morgan fingerprint density at radius 2 is 2.00 bits per heavy atom. The van der Waals surface area contributed by atoms with Crippen molar-refractivity contribution in [2.24, 2.45) is 0 Å². The van der Waals surface area contributed by atoms with Crippen LogP contribution in [0.15, 0.2) is 59.2 Å². The van der Waals surface area contributed by atoms with Gasteiger partial charge in [-0.05, 0) is 37.3 Å². The summed E-state index contributed by atoms with van der Waals surface area (Å²) in [6, 6.07) is 13.2. The first-order valence-electron chi connectivity index (χ1n) is 7.92. The van der Waals surface area contributed by atoms with E-state index in [1.54, 1.807) is 12.3 Å². The SMILES string of the molecule is Cc1ccc(-c2nc(CCNC(=O)Nc3cccc(F)c3)co2)cc1. The van der Waals surface area contributed by atoms with Crippen molar-refractivity contribution >= 4 is 11.7 Å². The van der Waals surface area contributed by atoms with Crippen molar-refractivity contribution in [1.29, 1.82) is 0 Å².